The van der Waals surface area contributed by atoms with E-state index in [1.165, 1.54) is 0 Å². The average molecular weight is 418 g/mol. The maximum absolute atomic E-state index is 11.9. The second kappa shape index (κ2) is 7.93. The van der Waals surface area contributed by atoms with Crippen LogP contribution in [0.1, 0.15) is 11.1 Å². The normalized spacial score (nSPS) is 11.1. The van der Waals surface area contributed by atoms with Gasteiger partial charge in [0.05, 0.1) is 14.2 Å². The van der Waals surface area contributed by atoms with Gasteiger partial charge in [0.2, 0.25) is 0 Å². The highest BCUT2D eigenvalue weighted by molar-refractivity contribution is 9.10. The van der Waals surface area contributed by atoms with Crippen LogP contribution in [-0.4, -0.2) is 26.2 Å². The monoisotopic (exact) mass is 417 g/mol. The van der Waals surface area contributed by atoms with E-state index in [9.17, 15) is 4.79 Å². The Morgan fingerprint density at radius 3 is 2.50 bits per heavy atom. The number of fused-ring (bicyclic) bond motifs is 1. The Morgan fingerprint density at radius 2 is 1.77 bits per heavy atom. The van der Waals surface area contributed by atoms with Crippen LogP contribution in [0.5, 0.6) is 11.5 Å². The predicted octanol–water partition coefficient (Wildman–Crippen LogP) is 4.20. The third kappa shape index (κ3) is 4.08. The van der Waals surface area contributed by atoms with E-state index in [0.717, 1.165) is 21.0 Å². The van der Waals surface area contributed by atoms with Crippen molar-refractivity contribution in [3.63, 3.8) is 0 Å². The average Bonchev–Trinajstić information content (AvgIpc) is 2.60. The van der Waals surface area contributed by atoms with Crippen LogP contribution in [0.3, 0.4) is 0 Å². The molecule has 0 atom stereocenters. The first-order chi connectivity index (χ1) is 12.5. The molecule has 0 saturated heterocycles. The fraction of sp³-hybridized carbons (Fsp3) is 0.250. The Bertz CT molecular complexity index is 983. The van der Waals surface area contributed by atoms with E-state index >= 15 is 0 Å². The topological polar surface area (TPSA) is 51.9 Å². The molecule has 1 aromatic heterocycles. The molecule has 0 unspecified atom stereocenters. The Kier molecular flexibility index (Phi) is 5.64. The fourth-order valence-corrected chi connectivity index (χ4v) is 3.31. The van der Waals surface area contributed by atoms with E-state index in [1.807, 2.05) is 43.4 Å². The molecule has 0 bridgehead atoms. The summed E-state index contributed by atoms with van der Waals surface area (Å²) in [6.45, 7) is 1.33. The molecule has 0 aliphatic rings. The van der Waals surface area contributed by atoms with Crippen molar-refractivity contribution in [3.05, 3.63) is 68.5 Å². The first-order valence-electron chi connectivity index (χ1n) is 8.12. The van der Waals surface area contributed by atoms with Gasteiger partial charge in [-0.1, -0.05) is 22.0 Å². The zero-order chi connectivity index (χ0) is 18.7. The standard InChI is InChI=1S/C20H20BrNO4/c1-22(11-13-4-7-17(24-2)19(8-13)25-3)12-14-9-20(23)26-18-10-15(21)5-6-16(14)18/h4-10H,11-12H2,1-3H3. The molecule has 1 heterocycles. The molecule has 6 heteroatoms. The summed E-state index contributed by atoms with van der Waals surface area (Å²) in [7, 11) is 5.25. The molecule has 3 aromatic rings. The molecule has 0 radical (unpaired) electrons. The number of rotatable bonds is 6. The number of nitrogens with zero attached hydrogens (tertiary/aromatic N) is 1. The van der Waals surface area contributed by atoms with Crippen LogP contribution in [0.15, 0.2) is 56.1 Å². The molecule has 5 nitrogen and oxygen atoms in total. The van der Waals surface area contributed by atoms with Crippen molar-refractivity contribution in [1.29, 1.82) is 0 Å². The molecule has 0 aliphatic heterocycles. The number of ether oxygens (including phenoxy) is 2. The summed E-state index contributed by atoms with van der Waals surface area (Å²) >= 11 is 3.41. The van der Waals surface area contributed by atoms with Gasteiger partial charge in [-0.2, -0.15) is 0 Å². The van der Waals surface area contributed by atoms with Crippen LogP contribution in [0.2, 0.25) is 0 Å². The summed E-state index contributed by atoms with van der Waals surface area (Å²) in [5.74, 6) is 1.41. The molecule has 136 valence electrons. The number of hydrogen-bond donors (Lipinski definition) is 0. The van der Waals surface area contributed by atoms with Gasteiger partial charge in [0.25, 0.3) is 0 Å². The van der Waals surface area contributed by atoms with Gasteiger partial charge in [-0.15, -0.1) is 0 Å². The fourth-order valence-electron chi connectivity index (χ4n) is 2.97. The highest BCUT2D eigenvalue weighted by atomic mass is 79.9. The molecule has 0 saturated carbocycles. The van der Waals surface area contributed by atoms with Gasteiger partial charge in [0.15, 0.2) is 11.5 Å². The van der Waals surface area contributed by atoms with Crippen LogP contribution >= 0.6 is 15.9 Å². The van der Waals surface area contributed by atoms with Gasteiger partial charge in [0.1, 0.15) is 5.58 Å². The van der Waals surface area contributed by atoms with Gasteiger partial charge in [0, 0.05) is 29.0 Å². The molecule has 0 amide bonds. The van der Waals surface area contributed by atoms with Crippen molar-refractivity contribution in [2.75, 3.05) is 21.3 Å². The summed E-state index contributed by atoms with van der Waals surface area (Å²) in [6, 6.07) is 13.1. The van der Waals surface area contributed by atoms with Gasteiger partial charge < -0.3 is 13.9 Å². The summed E-state index contributed by atoms with van der Waals surface area (Å²) in [5.41, 5.74) is 2.28. The quantitative estimate of drug-likeness (QED) is 0.562. The Morgan fingerprint density at radius 1 is 1.00 bits per heavy atom. The van der Waals surface area contributed by atoms with Crippen molar-refractivity contribution in [1.82, 2.24) is 4.90 Å². The minimum Gasteiger partial charge on any atom is -0.493 e. The summed E-state index contributed by atoms with van der Waals surface area (Å²) in [6.07, 6.45) is 0. The van der Waals surface area contributed by atoms with E-state index in [4.69, 9.17) is 13.9 Å². The van der Waals surface area contributed by atoms with E-state index < -0.39 is 0 Å². The Balaban J connectivity index is 1.83. The number of halogens is 1. The van der Waals surface area contributed by atoms with E-state index in [-0.39, 0.29) is 5.63 Å². The lowest BCUT2D eigenvalue weighted by atomic mass is 10.1. The molecular formula is C20H20BrNO4. The molecule has 3 rings (SSSR count). The lowest BCUT2D eigenvalue weighted by Crippen LogP contribution is -2.18. The number of benzene rings is 2. The molecule has 0 fully saturated rings. The Hall–Kier alpha value is -2.31. The maximum Gasteiger partial charge on any atom is 0.336 e. The summed E-state index contributed by atoms with van der Waals surface area (Å²) in [5, 5.41) is 0.937. The first-order valence-corrected chi connectivity index (χ1v) is 8.91. The third-order valence-electron chi connectivity index (χ3n) is 4.13. The third-order valence-corrected chi connectivity index (χ3v) is 4.63. The summed E-state index contributed by atoms with van der Waals surface area (Å²) in [4.78, 5) is 14.0. The lowest BCUT2D eigenvalue weighted by molar-refractivity contribution is 0.316. The van der Waals surface area contributed by atoms with Gasteiger partial charge in [-0.3, -0.25) is 4.90 Å². The van der Waals surface area contributed by atoms with Crippen molar-refractivity contribution in [3.8, 4) is 11.5 Å². The second-order valence-corrected chi connectivity index (χ2v) is 7.01. The van der Waals surface area contributed by atoms with E-state index in [1.54, 1.807) is 20.3 Å². The molecular weight excluding hydrogens is 398 g/mol. The SMILES string of the molecule is COc1ccc(CN(C)Cc2cc(=O)oc3cc(Br)ccc23)cc1OC. The van der Waals surface area contributed by atoms with Crippen LogP contribution in [0.25, 0.3) is 11.0 Å². The lowest BCUT2D eigenvalue weighted by Gasteiger charge is -2.18. The zero-order valence-corrected chi connectivity index (χ0v) is 16.5. The minimum absolute atomic E-state index is 0.342. The van der Waals surface area contributed by atoms with E-state index in [2.05, 4.69) is 20.8 Å². The highest BCUT2D eigenvalue weighted by Crippen LogP contribution is 2.28. The van der Waals surface area contributed by atoms with Gasteiger partial charge >= 0.3 is 5.63 Å². The van der Waals surface area contributed by atoms with Gasteiger partial charge in [-0.05, 0) is 48.5 Å². The number of hydrogen-bond acceptors (Lipinski definition) is 5. The molecule has 2 aromatic carbocycles. The van der Waals surface area contributed by atoms with Crippen LogP contribution < -0.4 is 15.1 Å². The second-order valence-electron chi connectivity index (χ2n) is 6.09. The smallest absolute Gasteiger partial charge is 0.336 e. The first kappa shape index (κ1) is 18.5. The predicted molar refractivity (Wildman–Crippen MR) is 105 cm³/mol. The number of methoxy groups -OCH3 is 2. The Labute approximate surface area is 160 Å². The van der Waals surface area contributed by atoms with Crippen LogP contribution in [0.4, 0.5) is 0 Å². The molecule has 0 N–H and O–H groups in total. The maximum atomic E-state index is 11.9. The zero-order valence-electron chi connectivity index (χ0n) is 14.9. The molecule has 0 spiro atoms. The summed E-state index contributed by atoms with van der Waals surface area (Å²) < 4.78 is 16.8. The van der Waals surface area contributed by atoms with Crippen molar-refractivity contribution in [2.45, 2.75) is 13.1 Å². The minimum atomic E-state index is -0.342. The van der Waals surface area contributed by atoms with Crippen LogP contribution in [0, 0.1) is 0 Å². The van der Waals surface area contributed by atoms with Crippen molar-refractivity contribution >= 4 is 26.9 Å². The largest absolute Gasteiger partial charge is 0.493 e. The molecule has 26 heavy (non-hydrogen) atoms. The van der Waals surface area contributed by atoms with Gasteiger partial charge in [-0.25, -0.2) is 4.79 Å². The van der Waals surface area contributed by atoms with E-state index in [0.29, 0.717) is 30.2 Å². The van der Waals surface area contributed by atoms with Crippen molar-refractivity contribution < 1.29 is 13.9 Å². The highest BCUT2D eigenvalue weighted by Gasteiger charge is 2.11. The van der Waals surface area contributed by atoms with Crippen LogP contribution in [-0.2, 0) is 13.1 Å². The van der Waals surface area contributed by atoms with Crippen molar-refractivity contribution in [2.24, 2.45) is 0 Å². The molecule has 0 aliphatic carbocycles.